The Hall–Kier alpha value is -1.56. The zero-order valence-corrected chi connectivity index (χ0v) is 11.1. The molecule has 0 amide bonds. The fraction of sp³-hybridized carbons (Fsp3) is 0.545. The van der Waals surface area contributed by atoms with Gasteiger partial charge >= 0.3 is 12.0 Å². The quantitative estimate of drug-likeness (QED) is 0.740. The molecule has 0 aliphatic heterocycles. The molecule has 18 heavy (non-hydrogen) atoms. The van der Waals surface area contributed by atoms with E-state index in [4.69, 9.17) is 21.4 Å². The van der Waals surface area contributed by atoms with E-state index >= 15 is 0 Å². The number of nitrogens with one attached hydrogen (secondary N) is 1. The number of aliphatic carboxylic acids is 1. The molecule has 0 aliphatic carbocycles. The lowest BCUT2D eigenvalue weighted by atomic mass is 10.1. The van der Waals surface area contributed by atoms with Crippen LogP contribution in [0.5, 0.6) is 6.01 Å². The first kappa shape index (κ1) is 14.5. The van der Waals surface area contributed by atoms with Crippen LogP contribution in [0.25, 0.3) is 0 Å². The molecule has 0 fully saturated rings. The number of rotatable bonds is 7. The zero-order chi connectivity index (χ0) is 13.5. The molecule has 0 aromatic carbocycles. The molecule has 1 atom stereocenters. The minimum atomic E-state index is -0.781. The highest BCUT2D eigenvalue weighted by atomic mass is 35.5. The van der Waals surface area contributed by atoms with Crippen molar-refractivity contribution in [1.29, 1.82) is 0 Å². The third-order valence-electron chi connectivity index (χ3n) is 2.43. The average molecular weight is 274 g/mol. The second-order valence-corrected chi connectivity index (χ2v) is 4.27. The Morgan fingerprint density at radius 3 is 3.00 bits per heavy atom. The number of ether oxygens (including phenoxy) is 1. The molecule has 1 rings (SSSR count). The summed E-state index contributed by atoms with van der Waals surface area (Å²) >= 11 is 5.91. The fourth-order valence-electron chi connectivity index (χ4n) is 1.31. The summed E-state index contributed by atoms with van der Waals surface area (Å²) in [5.74, 6) is -0.634. The van der Waals surface area contributed by atoms with E-state index in [0.717, 1.165) is 6.42 Å². The van der Waals surface area contributed by atoms with Crippen molar-refractivity contribution in [2.75, 3.05) is 19.0 Å². The molecule has 6 nitrogen and oxygen atoms in total. The normalized spacial score (nSPS) is 11.9. The highest BCUT2D eigenvalue weighted by Gasteiger charge is 2.10. The van der Waals surface area contributed by atoms with Crippen LogP contribution in [0.15, 0.2) is 6.20 Å². The Labute approximate surface area is 110 Å². The molecule has 0 aliphatic rings. The van der Waals surface area contributed by atoms with Crippen LogP contribution in [0.3, 0.4) is 0 Å². The maximum absolute atomic E-state index is 10.6. The Kier molecular flexibility index (Phi) is 5.64. The number of carboxylic acid groups (broad SMARTS) is 1. The Bertz CT molecular complexity index is 415. The van der Waals surface area contributed by atoms with Crippen molar-refractivity contribution in [2.45, 2.75) is 19.8 Å². The monoisotopic (exact) mass is 273 g/mol. The molecule has 0 spiro atoms. The maximum atomic E-state index is 10.6. The second-order valence-electron chi connectivity index (χ2n) is 3.86. The van der Waals surface area contributed by atoms with Gasteiger partial charge in [0.15, 0.2) is 5.82 Å². The number of carboxylic acids is 1. The summed E-state index contributed by atoms with van der Waals surface area (Å²) in [4.78, 5) is 18.5. The number of hydrogen-bond donors (Lipinski definition) is 2. The highest BCUT2D eigenvalue weighted by molar-refractivity contribution is 6.32. The van der Waals surface area contributed by atoms with Crippen molar-refractivity contribution >= 4 is 23.4 Å². The minimum Gasteiger partial charge on any atom is -0.481 e. The zero-order valence-electron chi connectivity index (χ0n) is 10.3. The van der Waals surface area contributed by atoms with Gasteiger partial charge in [-0.05, 0) is 12.8 Å². The standard InChI is InChI=1S/C11H16ClN3O3/c1-7(10(16)17)4-3-5-13-9-8(12)6-14-11(15-9)18-2/h6-7H,3-5H2,1-2H3,(H,16,17)(H,13,14,15). The van der Waals surface area contributed by atoms with E-state index in [1.54, 1.807) is 6.92 Å². The van der Waals surface area contributed by atoms with Gasteiger partial charge in [-0.15, -0.1) is 0 Å². The van der Waals surface area contributed by atoms with Crippen molar-refractivity contribution in [3.63, 3.8) is 0 Å². The van der Waals surface area contributed by atoms with Gasteiger partial charge in [0.1, 0.15) is 5.02 Å². The number of hydrogen-bond acceptors (Lipinski definition) is 5. The van der Waals surface area contributed by atoms with E-state index in [-0.39, 0.29) is 11.9 Å². The highest BCUT2D eigenvalue weighted by Crippen LogP contribution is 2.20. The number of anilines is 1. The molecule has 0 radical (unpaired) electrons. The first-order valence-corrected chi connectivity index (χ1v) is 5.95. The largest absolute Gasteiger partial charge is 0.481 e. The van der Waals surface area contributed by atoms with Crippen molar-refractivity contribution in [2.24, 2.45) is 5.92 Å². The predicted molar refractivity (Wildman–Crippen MR) is 68.1 cm³/mol. The van der Waals surface area contributed by atoms with Gasteiger partial charge in [-0.25, -0.2) is 4.98 Å². The average Bonchev–Trinajstić information content (AvgIpc) is 2.36. The van der Waals surface area contributed by atoms with Gasteiger partial charge in [0.2, 0.25) is 0 Å². The molecule has 0 saturated heterocycles. The molecular weight excluding hydrogens is 258 g/mol. The van der Waals surface area contributed by atoms with Crippen molar-refractivity contribution < 1.29 is 14.6 Å². The van der Waals surface area contributed by atoms with Gasteiger partial charge in [-0.3, -0.25) is 4.79 Å². The van der Waals surface area contributed by atoms with Crippen LogP contribution >= 0.6 is 11.6 Å². The van der Waals surface area contributed by atoms with Gasteiger partial charge in [0.05, 0.1) is 19.2 Å². The first-order chi connectivity index (χ1) is 8.54. The van der Waals surface area contributed by atoms with E-state index < -0.39 is 5.97 Å². The number of nitrogens with zero attached hydrogens (tertiary/aromatic N) is 2. The fourth-order valence-corrected chi connectivity index (χ4v) is 1.47. The molecular formula is C11H16ClN3O3. The lowest BCUT2D eigenvalue weighted by molar-refractivity contribution is -0.141. The summed E-state index contributed by atoms with van der Waals surface area (Å²) in [6, 6.07) is 0.237. The topological polar surface area (TPSA) is 84.3 Å². The Morgan fingerprint density at radius 1 is 1.67 bits per heavy atom. The van der Waals surface area contributed by atoms with Crippen molar-refractivity contribution in [3.05, 3.63) is 11.2 Å². The molecule has 1 unspecified atom stereocenters. The van der Waals surface area contributed by atoms with Crippen molar-refractivity contribution in [3.8, 4) is 6.01 Å². The summed E-state index contributed by atoms with van der Waals surface area (Å²) in [7, 11) is 1.47. The summed E-state index contributed by atoms with van der Waals surface area (Å²) in [6.07, 6.45) is 2.77. The van der Waals surface area contributed by atoms with Crippen molar-refractivity contribution in [1.82, 2.24) is 9.97 Å². The van der Waals surface area contributed by atoms with E-state index in [1.807, 2.05) is 0 Å². The van der Waals surface area contributed by atoms with E-state index in [9.17, 15) is 4.79 Å². The van der Waals surface area contributed by atoms with Crippen LogP contribution in [-0.2, 0) is 4.79 Å². The summed E-state index contributed by atoms with van der Waals surface area (Å²) in [5.41, 5.74) is 0. The van der Waals surface area contributed by atoms with E-state index in [0.29, 0.717) is 23.8 Å². The third-order valence-corrected chi connectivity index (χ3v) is 2.71. The maximum Gasteiger partial charge on any atom is 0.318 e. The van der Waals surface area contributed by atoms with Crippen LogP contribution in [0.2, 0.25) is 5.02 Å². The van der Waals surface area contributed by atoms with Gasteiger partial charge in [0, 0.05) is 6.54 Å². The van der Waals surface area contributed by atoms with Crippen LogP contribution in [-0.4, -0.2) is 34.7 Å². The summed E-state index contributed by atoms with van der Waals surface area (Å²) < 4.78 is 4.89. The SMILES string of the molecule is COc1ncc(Cl)c(NCCCC(C)C(=O)O)n1. The number of halogens is 1. The summed E-state index contributed by atoms with van der Waals surface area (Å²) in [6.45, 7) is 2.28. The van der Waals surface area contributed by atoms with Crippen LogP contribution in [0.4, 0.5) is 5.82 Å². The first-order valence-electron chi connectivity index (χ1n) is 5.57. The predicted octanol–water partition coefficient (Wildman–Crippen LogP) is 2.05. The Morgan fingerprint density at radius 2 is 2.39 bits per heavy atom. The van der Waals surface area contributed by atoms with E-state index in [2.05, 4.69) is 15.3 Å². The van der Waals surface area contributed by atoms with Crippen LogP contribution < -0.4 is 10.1 Å². The van der Waals surface area contributed by atoms with Gasteiger partial charge < -0.3 is 15.2 Å². The van der Waals surface area contributed by atoms with Gasteiger partial charge in [-0.2, -0.15) is 4.98 Å². The third kappa shape index (κ3) is 4.37. The summed E-state index contributed by atoms with van der Waals surface area (Å²) in [5, 5.41) is 12.2. The molecule has 1 heterocycles. The van der Waals surface area contributed by atoms with Crippen LogP contribution in [0.1, 0.15) is 19.8 Å². The lowest BCUT2D eigenvalue weighted by Crippen LogP contribution is -2.12. The molecule has 2 N–H and O–H groups in total. The van der Waals surface area contributed by atoms with Gasteiger partial charge in [0.25, 0.3) is 0 Å². The molecule has 0 bridgehead atoms. The second kappa shape index (κ2) is 7.00. The number of carbonyl (C=O) groups is 1. The molecule has 100 valence electrons. The lowest BCUT2D eigenvalue weighted by Gasteiger charge is -2.09. The molecule has 0 saturated carbocycles. The Balaban J connectivity index is 2.41. The number of aromatic nitrogens is 2. The van der Waals surface area contributed by atoms with Crippen LogP contribution in [0, 0.1) is 5.92 Å². The van der Waals surface area contributed by atoms with E-state index in [1.165, 1.54) is 13.3 Å². The molecule has 1 aromatic heterocycles. The smallest absolute Gasteiger partial charge is 0.318 e. The molecule has 1 aromatic rings. The number of methoxy groups -OCH3 is 1. The molecule has 7 heteroatoms. The minimum absolute atomic E-state index is 0.237. The van der Waals surface area contributed by atoms with Gasteiger partial charge in [-0.1, -0.05) is 18.5 Å².